The molecule has 104 heavy (non-hydrogen) atoms. The van der Waals surface area contributed by atoms with Crippen LogP contribution in [0.15, 0.2) is 170 Å². The van der Waals surface area contributed by atoms with Gasteiger partial charge in [0.25, 0.3) is 0 Å². The maximum Gasteiger partial charge on any atom is 0.472 e. The van der Waals surface area contributed by atoms with Gasteiger partial charge in [0.15, 0.2) is 12.2 Å². The van der Waals surface area contributed by atoms with Crippen molar-refractivity contribution >= 4 is 39.5 Å². The average molecular weight is 1490 g/mol. The first-order valence-corrected chi connectivity index (χ1v) is 42.4. The van der Waals surface area contributed by atoms with Gasteiger partial charge in [-0.15, -0.1) is 0 Å². The molecule has 0 heterocycles. The first kappa shape index (κ1) is 98.4. The largest absolute Gasteiger partial charge is 0.472 e. The van der Waals surface area contributed by atoms with Gasteiger partial charge in [0.1, 0.15) is 19.3 Å². The van der Waals surface area contributed by atoms with Gasteiger partial charge < -0.3 is 33.8 Å². The Hall–Kier alpha value is -5.58. The van der Waals surface area contributed by atoms with Crippen LogP contribution in [0.25, 0.3) is 0 Å². The molecule has 0 aromatic heterocycles. The van der Waals surface area contributed by atoms with Crippen LogP contribution in [0, 0.1) is 0 Å². The minimum absolute atomic E-state index is 0.00263. The summed E-state index contributed by atoms with van der Waals surface area (Å²) >= 11 is 0. The van der Waals surface area contributed by atoms with Gasteiger partial charge in [-0.1, -0.05) is 262 Å². The maximum absolute atomic E-state index is 13.1. The summed E-state index contributed by atoms with van der Waals surface area (Å²) in [5.41, 5.74) is 0. The third kappa shape index (κ3) is 74.7. The number of esters is 4. The average Bonchev–Trinajstić information content (AvgIpc) is 0.926. The predicted octanol–water partition coefficient (Wildman–Crippen LogP) is 23.0. The number of ether oxygens (including phenoxy) is 4. The van der Waals surface area contributed by atoms with Gasteiger partial charge >= 0.3 is 39.5 Å². The SMILES string of the molecule is CC/C=C\C/C=C\C/C=C\C/C=C\C/C=C\CCCC(=O)OCC(COP(=O)(O)OCC(O)COP(=O)(O)OCC(COC(=O)CCCCCCC/C=C\C/C=C\CCCCC)OC(=O)CCCCCCC/C=C\C/C=C\CCCCC)OC(=O)CCC/C=C\C/C=C\C/C=C\C/C=C\C/C=C\CC. The third-order valence-corrected chi connectivity index (χ3v) is 17.5. The molecule has 17 nitrogen and oxygen atoms in total. The summed E-state index contributed by atoms with van der Waals surface area (Å²) in [6, 6.07) is 0. The molecule has 0 aromatic carbocycles. The lowest BCUT2D eigenvalue weighted by Crippen LogP contribution is -2.30. The Balaban J connectivity index is 5.51. The monoisotopic (exact) mass is 1490 g/mol. The fraction of sp³-hybridized carbons (Fsp3) is 0.624. The zero-order valence-electron chi connectivity index (χ0n) is 64.4. The molecule has 0 aromatic rings. The van der Waals surface area contributed by atoms with Crippen LogP contribution < -0.4 is 0 Å². The van der Waals surface area contributed by atoms with Gasteiger partial charge in [0, 0.05) is 25.7 Å². The number of aliphatic hydroxyl groups excluding tert-OH is 1. The number of phosphoric ester groups is 2. The summed E-state index contributed by atoms with van der Waals surface area (Å²) in [7, 11) is -10.0. The van der Waals surface area contributed by atoms with Gasteiger partial charge in [0.2, 0.25) is 0 Å². The molecule has 0 aliphatic heterocycles. The van der Waals surface area contributed by atoms with Crippen LogP contribution in [-0.4, -0.2) is 96.7 Å². The predicted molar refractivity (Wildman–Crippen MR) is 426 cm³/mol. The van der Waals surface area contributed by atoms with Crippen molar-refractivity contribution in [2.24, 2.45) is 0 Å². The van der Waals surface area contributed by atoms with Gasteiger partial charge in [-0.2, -0.15) is 0 Å². The van der Waals surface area contributed by atoms with Crippen molar-refractivity contribution in [2.75, 3.05) is 39.6 Å². The molecular formula is C85H138O17P2. The molecule has 0 amide bonds. The lowest BCUT2D eigenvalue weighted by atomic mass is 10.1. The summed E-state index contributed by atoms with van der Waals surface area (Å²) in [6.07, 6.45) is 89.2. The number of carbonyl (C=O) groups is 4. The number of phosphoric acid groups is 2. The highest BCUT2D eigenvalue weighted by molar-refractivity contribution is 7.47. The van der Waals surface area contributed by atoms with Crippen molar-refractivity contribution in [2.45, 2.75) is 303 Å². The molecule has 0 aliphatic rings. The second-order valence-corrected chi connectivity index (χ2v) is 28.4. The zero-order valence-corrected chi connectivity index (χ0v) is 66.2. The standard InChI is InChI=1S/C85H138O17P2/c1-5-9-13-17-21-25-29-33-37-39-43-46-50-54-58-62-66-70-83(88)96-76-81(102-85(90)72-68-64-60-56-52-48-44-40-38-34-30-26-22-18-14-10-6-2)78-100-104(93,94)98-74-79(86)73-97-103(91,92)99-77-80(101-84(89)71-67-63-59-55-51-47-42-36-32-28-24-20-16-12-8-4)75-95-82(87)69-65-61-57-53-49-45-41-35-31-27-23-19-15-11-7-3/h9-10,13-14,21-28,33-38,41-44,46,48,54,56,58,60,79-81,86H,5-8,11-12,15-20,29-32,39-40,45,47,49-53,55,57,59,61-78H2,1-4H3,(H,91,92)(H,93,94)/b13-9-,14-10-,25-21-,26-22-,27-23-,28-24-,37-33-,38-34-,41-35-,42-36-,46-43-,48-44-,58-54-,60-56-. The number of carbonyl (C=O) groups excluding carboxylic acids is 4. The van der Waals surface area contributed by atoms with Crippen LogP contribution in [0.5, 0.6) is 0 Å². The van der Waals surface area contributed by atoms with Gasteiger partial charge in [-0.25, -0.2) is 9.13 Å². The van der Waals surface area contributed by atoms with Crippen LogP contribution in [0.3, 0.4) is 0 Å². The maximum atomic E-state index is 13.1. The Morgan fingerprint density at radius 1 is 0.279 bits per heavy atom. The molecule has 0 radical (unpaired) electrons. The van der Waals surface area contributed by atoms with Crippen LogP contribution in [0.4, 0.5) is 0 Å². The molecule has 0 saturated heterocycles. The smallest absolute Gasteiger partial charge is 0.462 e. The Morgan fingerprint density at radius 2 is 0.510 bits per heavy atom. The highest BCUT2D eigenvalue weighted by Gasteiger charge is 2.30. The minimum Gasteiger partial charge on any atom is -0.462 e. The van der Waals surface area contributed by atoms with Crippen LogP contribution in [0.1, 0.15) is 285 Å². The van der Waals surface area contributed by atoms with Crippen LogP contribution in [-0.2, 0) is 65.4 Å². The molecule has 19 heteroatoms. The molecule has 0 saturated carbocycles. The molecular weight excluding hydrogens is 1350 g/mol. The van der Waals surface area contributed by atoms with E-state index in [2.05, 4.69) is 174 Å². The molecule has 0 spiro atoms. The van der Waals surface area contributed by atoms with Crippen LogP contribution in [0.2, 0.25) is 0 Å². The summed E-state index contributed by atoms with van der Waals surface area (Å²) in [6.45, 7) is 4.41. The van der Waals surface area contributed by atoms with Crippen LogP contribution >= 0.6 is 15.6 Å². The molecule has 0 aliphatic carbocycles. The van der Waals surface area contributed by atoms with Crippen molar-refractivity contribution in [3.63, 3.8) is 0 Å². The molecule has 0 bridgehead atoms. The number of rotatable bonds is 72. The van der Waals surface area contributed by atoms with E-state index in [1.807, 2.05) is 24.3 Å². The van der Waals surface area contributed by atoms with E-state index in [4.69, 9.17) is 37.0 Å². The van der Waals surface area contributed by atoms with Crippen molar-refractivity contribution in [3.05, 3.63) is 170 Å². The van der Waals surface area contributed by atoms with Crippen molar-refractivity contribution in [3.8, 4) is 0 Å². The fourth-order valence-electron chi connectivity index (χ4n) is 9.70. The molecule has 0 fully saturated rings. The van der Waals surface area contributed by atoms with Crippen molar-refractivity contribution < 1.29 is 80.2 Å². The number of allylic oxidation sites excluding steroid dienone is 28. The summed E-state index contributed by atoms with van der Waals surface area (Å²) in [4.78, 5) is 73.0. The second-order valence-electron chi connectivity index (χ2n) is 25.5. The van der Waals surface area contributed by atoms with Gasteiger partial charge in [-0.05, 0) is 167 Å². The van der Waals surface area contributed by atoms with E-state index >= 15 is 0 Å². The fourth-order valence-corrected chi connectivity index (χ4v) is 11.3. The highest BCUT2D eigenvalue weighted by atomic mass is 31.2. The van der Waals surface area contributed by atoms with E-state index in [1.54, 1.807) is 0 Å². The number of unbranched alkanes of at least 4 members (excludes halogenated alkanes) is 18. The number of aliphatic hydroxyl groups is 1. The van der Waals surface area contributed by atoms with Gasteiger partial charge in [-0.3, -0.25) is 37.3 Å². The van der Waals surface area contributed by atoms with Gasteiger partial charge in [0.05, 0.1) is 26.4 Å². The summed E-state index contributed by atoms with van der Waals surface area (Å²) in [5.74, 6) is -2.36. The number of hydrogen-bond acceptors (Lipinski definition) is 15. The van der Waals surface area contributed by atoms with E-state index in [-0.39, 0.29) is 25.7 Å². The highest BCUT2D eigenvalue weighted by Crippen LogP contribution is 2.45. The van der Waals surface area contributed by atoms with E-state index in [9.17, 15) is 43.2 Å². The lowest BCUT2D eigenvalue weighted by Gasteiger charge is -2.21. The Labute approximate surface area is 629 Å². The van der Waals surface area contributed by atoms with E-state index in [1.165, 1.54) is 38.5 Å². The minimum atomic E-state index is -5.01. The lowest BCUT2D eigenvalue weighted by molar-refractivity contribution is -0.161. The molecule has 0 rings (SSSR count). The molecule has 3 N–H and O–H groups in total. The van der Waals surface area contributed by atoms with E-state index in [0.29, 0.717) is 38.5 Å². The second kappa shape index (κ2) is 75.6. The Morgan fingerprint density at radius 3 is 0.817 bits per heavy atom. The summed E-state index contributed by atoms with van der Waals surface area (Å²) in [5, 5.41) is 10.6. The molecule has 5 unspecified atom stereocenters. The normalized spacial score (nSPS) is 14.8. The molecule has 5 atom stereocenters. The Bertz CT molecular complexity index is 2640. The number of hydrogen-bond donors (Lipinski definition) is 3. The quantitative estimate of drug-likeness (QED) is 0.0169. The Kier molecular flexibility index (Phi) is 71.6. The topological polar surface area (TPSA) is 237 Å². The molecule has 590 valence electrons. The first-order chi connectivity index (χ1) is 50.7. The zero-order chi connectivity index (χ0) is 76.0. The summed E-state index contributed by atoms with van der Waals surface area (Å²) < 4.78 is 68.4. The van der Waals surface area contributed by atoms with Crippen molar-refractivity contribution in [1.29, 1.82) is 0 Å². The third-order valence-electron chi connectivity index (χ3n) is 15.6. The van der Waals surface area contributed by atoms with E-state index < -0.39 is 97.5 Å². The van der Waals surface area contributed by atoms with E-state index in [0.717, 1.165) is 154 Å². The van der Waals surface area contributed by atoms with Crippen molar-refractivity contribution in [1.82, 2.24) is 0 Å². The first-order valence-electron chi connectivity index (χ1n) is 39.4.